The standard InChI is InChI=1S/C10H7F2N3O2/c11-4-1-2-6(12)5(3-4)7-8(9(16)17)15-10(13)14-7/h1-3H,(H,16,17)(H3,13,14,15). The highest BCUT2D eigenvalue weighted by Gasteiger charge is 2.20. The second-order valence-corrected chi connectivity index (χ2v) is 3.27. The average Bonchev–Trinajstić information content (AvgIpc) is 2.64. The van der Waals surface area contributed by atoms with E-state index in [4.69, 9.17) is 10.8 Å². The number of aromatic carboxylic acids is 1. The second-order valence-electron chi connectivity index (χ2n) is 3.27. The van der Waals surface area contributed by atoms with Crippen molar-refractivity contribution in [3.63, 3.8) is 0 Å². The number of H-pyrrole nitrogens is 1. The van der Waals surface area contributed by atoms with Crippen LogP contribution in [0.1, 0.15) is 10.5 Å². The Morgan fingerprint density at radius 3 is 2.76 bits per heavy atom. The van der Waals surface area contributed by atoms with Crippen LogP contribution in [-0.4, -0.2) is 21.0 Å². The molecule has 2 aromatic rings. The Hall–Kier alpha value is -2.44. The predicted octanol–water partition coefficient (Wildman–Crippen LogP) is 1.64. The molecule has 88 valence electrons. The molecule has 0 bridgehead atoms. The van der Waals surface area contributed by atoms with Crippen molar-refractivity contribution in [2.45, 2.75) is 0 Å². The number of anilines is 1. The number of nitrogens with zero attached hydrogens (tertiary/aromatic N) is 1. The van der Waals surface area contributed by atoms with E-state index in [2.05, 4.69) is 9.97 Å². The molecule has 1 aromatic heterocycles. The minimum atomic E-state index is -1.35. The zero-order chi connectivity index (χ0) is 12.6. The quantitative estimate of drug-likeness (QED) is 0.742. The van der Waals surface area contributed by atoms with E-state index in [1.54, 1.807) is 0 Å². The minimum absolute atomic E-state index is 0.180. The Balaban J connectivity index is 2.67. The lowest BCUT2D eigenvalue weighted by Gasteiger charge is -2.01. The number of carbonyl (C=O) groups is 1. The summed E-state index contributed by atoms with van der Waals surface area (Å²) in [6.07, 6.45) is 0. The van der Waals surface area contributed by atoms with E-state index >= 15 is 0 Å². The highest BCUT2D eigenvalue weighted by Crippen LogP contribution is 2.26. The number of hydrogen-bond donors (Lipinski definition) is 3. The summed E-state index contributed by atoms with van der Waals surface area (Å²) in [6.45, 7) is 0. The highest BCUT2D eigenvalue weighted by atomic mass is 19.1. The van der Waals surface area contributed by atoms with Crippen LogP contribution in [0.3, 0.4) is 0 Å². The van der Waals surface area contributed by atoms with Crippen LogP contribution >= 0.6 is 0 Å². The van der Waals surface area contributed by atoms with Gasteiger partial charge in [0.05, 0.1) is 0 Å². The van der Waals surface area contributed by atoms with Crippen LogP contribution in [0.2, 0.25) is 0 Å². The zero-order valence-corrected chi connectivity index (χ0v) is 8.37. The Morgan fingerprint density at radius 1 is 1.41 bits per heavy atom. The number of imidazole rings is 1. The molecule has 0 atom stereocenters. The van der Waals surface area contributed by atoms with Crippen molar-refractivity contribution in [1.82, 2.24) is 9.97 Å². The van der Waals surface area contributed by atoms with Gasteiger partial charge in [0.2, 0.25) is 0 Å². The van der Waals surface area contributed by atoms with Gasteiger partial charge in [-0.1, -0.05) is 0 Å². The van der Waals surface area contributed by atoms with Crippen molar-refractivity contribution >= 4 is 11.9 Å². The third-order valence-electron chi connectivity index (χ3n) is 2.12. The summed E-state index contributed by atoms with van der Waals surface area (Å²) in [7, 11) is 0. The molecule has 0 fully saturated rings. The van der Waals surface area contributed by atoms with Gasteiger partial charge in [-0.15, -0.1) is 0 Å². The first-order valence-corrected chi connectivity index (χ1v) is 4.53. The summed E-state index contributed by atoms with van der Waals surface area (Å²) in [5.41, 5.74) is 4.43. The first-order valence-electron chi connectivity index (χ1n) is 4.53. The molecule has 4 N–H and O–H groups in total. The van der Waals surface area contributed by atoms with Crippen LogP contribution in [0.5, 0.6) is 0 Å². The lowest BCUT2D eigenvalue weighted by atomic mass is 10.1. The fourth-order valence-corrected chi connectivity index (χ4v) is 1.42. The number of benzene rings is 1. The molecule has 7 heteroatoms. The number of hydrogen-bond acceptors (Lipinski definition) is 3. The lowest BCUT2D eigenvalue weighted by molar-refractivity contribution is 0.0692. The fourth-order valence-electron chi connectivity index (χ4n) is 1.42. The number of nitrogen functional groups attached to an aromatic ring is 1. The van der Waals surface area contributed by atoms with Crippen LogP contribution in [0, 0.1) is 11.6 Å². The Labute approximate surface area is 93.9 Å². The molecular formula is C10H7F2N3O2. The van der Waals surface area contributed by atoms with Crippen molar-refractivity contribution in [2.75, 3.05) is 5.73 Å². The topological polar surface area (TPSA) is 92.0 Å². The number of rotatable bonds is 2. The number of aromatic amines is 1. The third kappa shape index (κ3) is 1.94. The molecule has 0 amide bonds. The summed E-state index contributed by atoms with van der Waals surface area (Å²) >= 11 is 0. The maximum Gasteiger partial charge on any atom is 0.354 e. The van der Waals surface area contributed by atoms with E-state index in [9.17, 15) is 13.6 Å². The van der Waals surface area contributed by atoms with E-state index in [1.807, 2.05) is 0 Å². The summed E-state index contributed by atoms with van der Waals surface area (Å²) in [4.78, 5) is 16.8. The van der Waals surface area contributed by atoms with Gasteiger partial charge in [-0.3, -0.25) is 0 Å². The molecular weight excluding hydrogens is 232 g/mol. The van der Waals surface area contributed by atoms with Crippen LogP contribution in [-0.2, 0) is 0 Å². The molecule has 2 rings (SSSR count). The number of aromatic nitrogens is 2. The van der Waals surface area contributed by atoms with Gasteiger partial charge >= 0.3 is 5.97 Å². The van der Waals surface area contributed by atoms with E-state index in [0.29, 0.717) is 0 Å². The maximum atomic E-state index is 13.5. The van der Waals surface area contributed by atoms with Gasteiger partial charge in [0.25, 0.3) is 0 Å². The van der Waals surface area contributed by atoms with Gasteiger partial charge in [0.1, 0.15) is 17.3 Å². The summed E-state index contributed by atoms with van der Waals surface area (Å²) in [5, 5.41) is 8.86. The largest absolute Gasteiger partial charge is 0.477 e. The van der Waals surface area contributed by atoms with Crippen molar-refractivity contribution in [3.8, 4) is 11.3 Å². The average molecular weight is 239 g/mol. The smallest absolute Gasteiger partial charge is 0.354 e. The van der Waals surface area contributed by atoms with Crippen LogP contribution in [0.25, 0.3) is 11.3 Å². The third-order valence-corrected chi connectivity index (χ3v) is 2.12. The van der Waals surface area contributed by atoms with Gasteiger partial charge in [-0.05, 0) is 18.2 Å². The minimum Gasteiger partial charge on any atom is -0.477 e. The summed E-state index contributed by atoms with van der Waals surface area (Å²) in [6, 6.07) is 2.67. The van der Waals surface area contributed by atoms with Crippen molar-refractivity contribution in [1.29, 1.82) is 0 Å². The number of nitrogens with one attached hydrogen (secondary N) is 1. The Bertz CT molecular complexity index is 595. The Kier molecular flexibility index (Phi) is 2.51. The molecule has 0 unspecified atom stereocenters. The fraction of sp³-hybridized carbons (Fsp3) is 0. The van der Waals surface area contributed by atoms with Crippen molar-refractivity contribution in [3.05, 3.63) is 35.5 Å². The number of carboxylic acids is 1. The molecule has 0 aliphatic rings. The molecule has 0 radical (unpaired) electrons. The molecule has 1 heterocycles. The first-order chi connectivity index (χ1) is 7.99. The van der Waals surface area contributed by atoms with Gasteiger partial charge < -0.3 is 15.8 Å². The molecule has 0 spiro atoms. The Morgan fingerprint density at radius 2 is 2.12 bits per heavy atom. The highest BCUT2D eigenvalue weighted by molar-refractivity contribution is 5.93. The van der Waals surface area contributed by atoms with Gasteiger partial charge in [0.15, 0.2) is 11.6 Å². The number of nitrogens with two attached hydrogens (primary N) is 1. The summed E-state index contributed by atoms with van der Waals surface area (Å²) in [5.74, 6) is -3.01. The molecule has 17 heavy (non-hydrogen) atoms. The first kappa shape index (κ1) is 11.1. The van der Waals surface area contributed by atoms with Crippen LogP contribution < -0.4 is 5.73 Å². The van der Waals surface area contributed by atoms with Crippen molar-refractivity contribution < 1.29 is 18.7 Å². The van der Waals surface area contributed by atoms with Crippen LogP contribution in [0.4, 0.5) is 14.7 Å². The molecule has 0 saturated heterocycles. The molecule has 0 aliphatic heterocycles. The van der Waals surface area contributed by atoms with E-state index < -0.39 is 17.6 Å². The monoisotopic (exact) mass is 239 g/mol. The number of carboxylic acid groups (broad SMARTS) is 1. The zero-order valence-electron chi connectivity index (χ0n) is 8.37. The molecule has 0 saturated carbocycles. The SMILES string of the molecule is Nc1nc(-c2cc(F)ccc2F)c(C(=O)O)[nH]1. The normalized spacial score (nSPS) is 10.5. The summed E-state index contributed by atoms with van der Waals surface area (Å²) < 4.78 is 26.4. The lowest BCUT2D eigenvalue weighted by Crippen LogP contribution is -2.00. The second kappa shape index (κ2) is 3.85. The van der Waals surface area contributed by atoms with Gasteiger partial charge in [0, 0.05) is 5.56 Å². The molecule has 1 aromatic carbocycles. The van der Waals surface area contributed by atoms with E-state index in [0.717, 1.165) is 18.2 Å². The van der Waals surface area contributed by atoms with E-state index in [-0.39, 0.29) is 22.9 Å². The number of halogens is 2. The van der Waals surface area contributed by atoms with Gasteiger partial charge in [-0.2, -0.15) is 0 Å². The van der Waals surface area contributed by atoms with Crippen LogP contribution in [0.15, 0.2) is 18.2 Å². The predicted molar refractivity (Wildman–Crippen MR) is 55.3 cm³/mol. The van der Waals surface area contributed by atoms with Crippen molar-refractivity contribution in [2.24, 2.45) is 0 Å². The van der Waals surface area contributed by atoms with Gasteiger partial charge in [-0.25, -0.2) is 18.6 Å². The maximum absolute atomic E-state index is 13.5. The van der Waals surface area contributed by atoms with E-state index in [1.165, 1.54) is 0 Å². The molecule has 5 nitrogen and oxygen atoms in total. The molecule has 0 aliphatic carbocycles.